The Bertz CT molecular complexity index is 629. The van der Waals surface area contributed by atoms with Crippen molar-refractivity contribution < 1.29 is 9.84 Å². The minimum absolute atomic E-state index is 0.125. The zero-order valence-corrected chi connectivity index (χ0v) is 11.6. The summed E-state index contributed by atoms with van der Waals surface area (Å²) in [4.78, 5) is 14.9. The predicted molar refractivity (Wildman–Crippen MR) is 77.4 cm³/mol. The summed E-state index contributed by atoms with van der Waals surface area (Å²) >= 11 is 0. The zero-order valence-electron chi connectivity index (χ0n) is 11.6. The van der Waals surface area contributed by atoms with Crippen LogP contribution in [0.5, 0.6) is 5.75 Å². The highest BCUT2D eigenvalue weighted by molar-refractivity contribution is 5.63. The van der Waals surface area contributed by atoms with Gasteiger partial charge in [-0.2, -0.15) is 9.97 Å². The molecule has 2 aromatic rings. The lowest BCUT2D eigenvalue weighted by Gasteiger charge is -2.25. The molecule has 21 heavy (non-hydrogen) atoms. The number of ether oxygens (including phenoxy) is 1. The number of benzene rings is 1. The Morgan fingerprint density at radius 1 is 1.14 bits per heavy atom. The summed E-state index contributed by atoms with van der Waals surface area (Å²) in [6.45, 7) is 3.71. The normalized spacial score (nSPS) is 16.0. The molecule has 7 nitrogen and oxygen atoms in total. The van der Waals surface area contributed by atoms with E-state index in [-0.39, 0.29) is 11.7 Å². The first-order valence-electron chi connectivity index (χ1n) is 6.81. The average Bonchev–Trinajstić information content (AvgIpc) is 2.48. The molecule has 7 heteroatoms. The molecule has 1 aromatic heterocycles. The number of phenols is 1. The topological polar surface area (TPSA) is 97.4 Å². The highest BCUT2D eigenvalue weighted by Crippen LogP contribution is 2.25. The van der Waals surface area contributed by atoms with E-state index in [1.165, 1.54) is 0 Å². The van der Waals surface area contributed by atoms with Crippen LogP contribution in [-0.2, 0) is 11.3 Å². The molecule has 0 spiro atoms. The molecular weight excluding hydrogens is 270 g/mol. The molecule has 0 radical (unpaired) electrons. The van der Waals surface area contributed by atoms with E-state index in [1.54, 1.807) is 18.2 Å². The number of nitrogen functional groups attached to an aromatic ring is 1. The summed E-state index contributed by atoms with van der Waals surface area (Å²) in [6.07, 6.45) is 0. The van der Waals surface area contributed by atoms with Gasteiger partial charge >= 0.3 is 0 Å². The van der Waals surface area contributed by atoms with E-state index in [0.29, 0.717) is 37.0 Å². The average molecular weight is 287 g/mol. The number of hydrogen-bond donors (Lipinski definition) is 2. The molecule has 0 aliphatic carbocycles. The van der Waals surface area contributed by atoms with Gasteiger partial charge in [0.1, 0.15) is 11.6 Å². The van der Waals surface area contributed by atoms with Crippen molar-refractivity contribution in [3.05, 3.63) is 30.1 Å². The Morgan fingerprint density at radius 3 is 2.67 bits per heavy atom. The van der Waals surface area contributed by atoms with Gasteiger partial charge in [-0.3, -0.25) is 4.90 Å². The molecule has 0 saturated carbocycles. The first-order valence-corrected chi connectivity index (χ1v) is 6.81. The smallest absolute Gasteiger partial charge is 0.223 e. The van der Waals surface area contributed by atoms with Crippen LogP contribution in [-0.4, -0.2) is 51.3 Å². The lowest BCUT2D eigenvalue weighted by atomic mass is 10.2. The van der Waals surface area contributed by atoms with Gasteiger partial charge in [-0.25, -0.2) is 4.98 Å². The molecule has 3 rings (SSSR count). The summed E-state index contributed by atoms with van der Waals surface area (Å²) in [7, 11) is 0. The van der Waals surface area contributed by atoms with Gasteiger partial charge in [-0.1, -0.05) is 12.1 Å². The van der Waals surface area contributed by atoms with Gasteiger partial charge in [0.15, 0.2) is 5.82 Å². The number of morpholine rings is 1. The molecule has 0 bridgehead atoms. The molecular formula is C14H17N5O2. The molecule has 1 aliphatic heterocycles. The van der Waals surface area contributed by atoms with Gasteiger partial charge < -0.3 is 15.6 Å². The number of anilines is 1. The lowest BCUT2D eigenvalue weighted by molar-refractivity contribution is 0.0331. The maximum atomic E-state index is 9.90. The summed E-state index contributed by atoms with van der Waals surface area (Å²) in [5.74, 6) is 1.28. The monoisotopic (exact) mass is 287 g/mol. The molecule has 0 amide bonds. The van der Waals surface area contributed by atoms with Crippen LogP contribution in [0.4, 0.5) is 5.95 Å². The van der Waals surface area contributed by atoms with Crippen LogP contribution in [0.3, 0.4) is 0 Å². The van der Waals surface area contributed by atoms with E-state index in [4.69, 9.17) is 10.5 Å². The predicted octanol–water partition coefficient (Wildman–Crippen LogP) is 0.659. The quantitative estimate of drug-likeness (QED) is 0.855. The minimum atomic E-state index is 0.125. The van der Waals surface area contributed by atoms with Crippen molar-refractivity contribution in [1.82, 2.24) is 19.9 Å². The molecule has 2 heterocycles. The molecule has 3 N–H and O–H groups in total. The van der Waals surface area contributed by atoms with E-state index < -0.39 is 0 Å². The molecule has 0 unspecified atom stereocenters. The van der Waals surface area contributed by atoms with E-state index in [2.05, 4.69) is 19.9 Å². The zero-order chi connectivity index (χ0) is 14.7. The Labute approximate surface area is 122 Å². The fraction of sp³-hybridized carbons (Fsp3) is 0.357. The molecule has 1 aliphatic rings. The Hall–Kier alpha value is -2.25. The first-order chi connectivity index (χ1) is 10.2. The van der Waals surface area contributed by atoms with E-state index in [9.17, 15) is 5.11 Å². The third kappa shape index (κ3) is 3.26. The van der Waals surface area contributed by atoms with Crippen LogP contribution >= 0.6 is 0 Å². The number of nitrogens with two attached hydrogens (primary N) is 1. The van der Waals surface area contributed by atoms with Gasteiger partial charge in [0.2, 0.25) is 5.95 Å². The number of aromatic hydroxyl groups is 1. The second-order valence-electron chi connectivity index (χ2n) is 4.84. The van der Waals surface area contributed by atoms with Crippen molar-refractivity contribution in [3.63, 3.8) is 0 Å². The van der Waals surface area contributed by atoms with Gasteiger partial charge in [0.25, 0.3) is 0 Å². The number of rotatable bonds is 3. The summed E-state index contributed by atoms with van der Waals surface area (Å²) < 4.78 is 5.32. The third-order valence-electron chi connectivity index (χ3n) is 3.31. The van der Waals surface area contributed by atoms with Gasteiger partial charge in [0.05, 0.1) is 25.3 Å². The molecule has 0 atom stereocenters. The second kappa shape index (κ2) is 6.02. The van der Waals surface area contributed by atoms with Crippen molar-refractivity contribution in [2.24, 2.45) is 0 Å². The molecule has 1 fully saturated rings. The summed E-state index contributed by atoms with van der Waals surface area (Å²) in [5.41, 5.74) is 6.32. The van der Waals surface area contributed by atoms with Gasteiger partial charge in [-0.15, -0.1) is 0 Å². The summed E-state index contributed by atoms with van der Waals surface area (Å²) in [5, 5.41) is 9.90. The highest BCUT2D eigenvalue weighted by atomic mass is 16.5. The second-order valence-corrected chi connectivity index (χ2v) is 4.84. The van der Waals surface area contributed by atoms with Gasteiger partial charge in [-0.05, 0) is 12.1 Å². The number of hydrogen-bond acceptors (Lipinski definition) is 7. The fourth-order valence-electron chi connectivity index (χ4n) is 2.25. The van der Waals surface area contributed by atoms with Crippen LogP contribution in [0, 0.1) is 0 Å². The largest absolute Gasteiger partial charge is 0.507 e. The van der Waals surface area contributed by atoms with Crippen molar-refractivity contribution >= 4 is 5.95 Å². The number of phenolic OH excluding ortho intramolecular Hbond substituents is 1. The fourth-order valence-corrected chi connectivity index (χ4v) is 2.25. The van der Waals surface area contributed by atoms with E-state index in [0.717, 1.165) is 13.1 Å². The first kappa shape index (κ1) is 13.7. The van der Waals surface area contributed by atoms with Crippen molar-refractivity contribution in [2.75, 3.05) is 32.0 Å². The summed E-state index contributed by atoms with van der Waals surface area (Å²) in [6, 6.07) is 6.91. The minimum Gasteiger partial charge on any atom is -0.507 e. The van der Waals surface area contributed by atoms with Crippen LogP contribution in [0.2, 0.25) is 0 Å². The lowest BCUT2D eigenvalue weighted by Crippen LogP contribution is -2.36. The standard InChI is InChI=1S/C14H17N5O2/c15-14-17-12(9-19-5-7-21-8-6-19)16-13(18-14)10-3-1-2-4-11(10)20/h1-4,20H,5-9H2,(H2,15,16,17,18). The molecule has 1 saturated heterocycles. The Morgan fingerprint density at radius 2 is 1.90 bits per heavy atom. The van der Waals surface area contributed by atoms with E-state index >= 15 is 0 Å². The maximum Gasteiger partial charge on any atom is 0.223 e. The van der Waals surface area contributed by atoms with Crippen molar-refractivity contribution in [2.45, 2.75) is 6.54 Å². The molecule has 110 valence electrons. The highest BCUT2D eigenvalue weighted by Gasteiger charge is 2.15. The van der Waals surface area contributed by atoms with Crippen molar-refractivity contribution in [1.29, 1.82) is 0 Å². The SMILES string of the molecule is Nc1nc(CN2CCOCC2)nc(-c2ccccc2O)n1. The van der Waals surface area contributed by atoms with Crippen LogP contribution in [0.25, 0.3) is 11.4 Å². The number of nitrogens with zero attached hydrogens (tertiary/aromatic N) is 4. The van der Waals surface area contributed by atoms with Crippen molar-refractivity contribution in [3.8, 4) is 17.1 Å². The third-order valence-corrected chi connectivity index (χ3v) is 3.31. The molecule has 1 aromatic carbocycles. The maximum absolute atomic E-state index is 9.90. The Kier molecular flexibility index (Phi) is 3.94. The Balaban J connectivity index is 1.87. The van der Waals surface area contributed by atoms with Crippen LogP contribution < -0.4 is 5.73 Å². The number of para-hydroxylation sites is 1. The van der Waals surface area contributed by atoms with E-state index in [1.807, 2.05) is 6.07 Å². The van der Waals surface area contributed by atoms with Crippen LogP contribution in [0.15, 0.2) is 24.3 Å². The number of aromatic nitrogens is 3. The van der Waals surface area contributed by atoms with Gasteiger partial charge in [0, 0.05) is 13.1 Å². The van der Waals surface area contributed by atoms with Crippen LogP contribution in [0.1, 0.15) is 5.82 Å².